The molecule has 0 radical (unpaired) electrons. The Hall–Kier alpha value is -3.19. The summed E-state index contributed by atoms with van der Waals surface area (Å²) < 4.78 is 7.29. The van der Waals surface area contributed by atoms with Crippen molar-refractivity contribution >= 4 is 33.6 Å². The van der Waals surface area contributed by atoms with Crippen LogP contribution in [-0.4, -0.2) is 65.6 Å². The van der Waals surface area contributed by atoms with Gasteiger partial charge in [-0.15, -0.1) is 0 Å². The van der Waals surface area contributed by atoms with Crippen LogP contribution in [0.3, 0.4) is 0 Å². The van der Waals surface area contributed by atoms with Crippen LogP contribution in [0.25, 0.3) is 21.8 Å². The van der Waals surface area contributed by atoms with Crippen LogP contribution in [0.5, 0.6) is 0 Å². The summed E-state index contributed by atoms with van der Waals surface area (Å²) in [4.78, 5) is 42.7. The van der Waals surface area contributed by atoms with Gasteiger partial charge in [-0.25, -0.2) is 0 Å². The summed E-state index contributed by atoms with van der Waals surface area (Å²) in [6.45, 7) is 3.85. The maximum Gasteiger partial charge on any atom is 0.242 e. The van der Waals surface area contributed by atoms with E-state index in [0.29, 0.717) is 63.0 Å². The summed E-state index contributed by atoms with van der Waals surface area (Å²) in [5.41, 5.74) is 1.52. The first-order valence-corrected chi connectivity index (χ1v) is 11.3. The molecule has 5 rings (SSSR count). The van der Waals surface area contributed by atoms with Crippen molar-refractivity contribution in [1.29, 1.82) is 0 Å². The lowest BCUT2D eigenvalue weighted by Crippen LogP contribution is -2.48. The number of amides is 2. The van der Waals surface area contributed by atoms with E-state index in [1.165, 1.54) is 0 Å². The molecule has 32 heavy (non-hydrogen) atoms. The maximum atomic E-state index is 13.2. The highest BCUT2D eigenvalue weighted by Crippen LogP contribution is 2.23. The van der Waals surface area contributed by atoms with Crippen molar-refractivity contribution < 1.29 is 14.3 Å². The van der Waals surface area contributed by atoms with Gasteiger partial charge in [0.05, 0.1) is 24.2 Å². The van der Waals surface area contributed by atoms with E-state index in [1.807, 2.05) is 62.9 Å². The van der Waals surface area contributed by atoms with Crippen molar-refractivity contribution in [2.45, 2.75) is 19.4 Å². The molecule has 0 aliphatic carbocycles. The van der Waals surface area contributed by atoms with Gasteiger partial charge in [-0.3, -0.25) is 14.4 Å². The fourth-order valence-corrected chi connectivity index (χ4v) is 4.90. The van der Waals surface area contributed by atoms with Crippen LogP contribution in [0.15, 0.2) is 53.3 Å². The molecule has 1 aromatic heterocycles. The summed E-state index contributed by atoms with van der Waals surface area (Å²) in [7, 11) is 0. The van der Waals surface area contributed by atoms with Crippen LogP contribution in [0, 0.1) is 5.92 Å². The van der Waals surface area contributed by atoms with Gasteiger partial charge < -0.3 is 19.1 Å². The van der Waals surface area contributed by atoms with Gasteiger partial charge in [0, 0.05) is 42.9 Å². The van der Waals surface area contributed by atoms with E-state index in [0.717, 1.165) is 11.0 Å². The summed E-state index contributed by atoms with van der Waals surface area (Å²) in [5.74, 6) is 0.185. The standard InChI is InChI=1S/C25H27N3O4/c29-23(26-11-9-18(10-12-26)25(31)27-13-15-32-16-14-27)17-28-21-7-3-1-5-19(21)24(30)20-6-2-4-8-22(20)28/h1-8,18H,9-17H2. The molecule has 7 nitrogen and oxygen atoms in total. The number of rotatable bonds is 3. The summed E-state index contributed by atoms with van der Waals surface area (Å²) in [6, 6.07) is 14.9. The Morgan fingerprint density at radius 1 is 0.812 bits per heavy atom. The predicted molar refractivity (Wildman–Crippen MR) is 122 cm³/mol. The molecule has 166 valence electrons. The van der Waals surface area contributed by atoms with E-state index < -0.39 is 0 Å². The van der Waals surface area contributed by atoms with E-state index in [9.17, 15) is 14.4 Å². The molecule has 2 fully saturated rings. The molecule has 0 unspecified atom stereocenters. The Kier molecular flexibility index (Phi) is 5.66. The average Bonchev–Trinajstić information content (AvgIpc) is 2.86. The SMILES string of the molecule is O=C(Cn1c2ccccc2c(=O)c2ccccc21)N1CCC(C(=O)N2CCOCC2)CC1. The molecule has 0 atom stereocenters. The Bertz CT molecular complexity index is 1160. The van der Waals surface area contributed by atoms with Crippen molar-refractivity contribution in [3.63, 3.8) is 0 Å². The maximum absolute atomic E-state index is 13.2. The number of carbonyl (C=O) groups excluding carboxylic acids is 2. The fourth-order valence-electron chi connectivity index (χ4n) is 4.90. The number of fused-ring (bicyclic) bond motifs is 2. The van der Waals surface area contributed by atoms with Crippen LogP contribution in [0.4, 0.5) is 0 Å². The predicted octanol–water partition coefficient (Wildman–Crippen LogP) is 2.25. The molecule has 3 aromatic rings. The van der Waals surface area contributed by atoms with Crippen molar-refractivity contribution in [2.24, 2.45) is 5.92 Å². The lowest BCUT2D eigenvalue weighted by Gasteiger charge is -2.35. The van der Waals surface area contributed by atoms with Gasteiger partial charge in [0.1, 0.15) is 6.54 Å². The molecule has 2 aliphatic heterocycles. The average molecular weight is 434 g/mol. The van der Waals surface area contributed by atoms with Crippen molar-refractivity contribution in [1.82, 2.24) is 14.4 Å². The van der Waals surface area contributed by atoms with Gasteiger partial charge in [0.15, 0.2) is 5.43 Å². The topological polar surface area (TPSA) is 71.9 Å². The number of carbonyl (C=O) groups is 2. The number of morpholine rings is 1. The first-order chi connectivity index (χ1) is 15.6. The van der Waals surface area contributed by atoms with Gasteiger partial charge in [-0.05, 0) is 37.1 Å². The third-order valence-electron chi connectivity index (χ3n) is 6.69. The molecule has 2 aromatic carbocycles. The number of nitrogens with zero attached hydrogens (tertiary/aromatic N) is 3. The van der Waals surface area contributed by atoms with Gasteiger partial charge >= 0.3 is 0 Å². The first-order valence-electron chi connectivity index (χ1n) is 11.3. The summed E-state index contributed by atoms with van der Waals surface area (Å²) >= 11 is 0. The molecule has 2 saturated heterocycles. The Balaban J connectivity index is 1.34. The molecule has 3 heterocycles. The lowest BCUT2D eigenvalue weighted by atomic mass is 9.95. The number of hydrogen-bond donors (Lipinski definition) is 0. The van der Waals surface area contributed by atoms with Gasteiger partial charge in [0.25, 0.3) is 0 Å². The number of piperidine rings is 1. The van der Waals surface area contributed by atoms with E-state index in [-0.39, 0.29) is 29.7 Å². The van der Waals surface area contributed by atoms with Crippen LogP contribution < -0.4 is 5.43 Å². The number of para-hydroxylation sites is 2. The fraction of sp³-hybridized carbons (Fsp3) is 0.400. The van der Waals surface area contributed by atoms with E-state index >= 15 is 0 Å². The number of ether oxygens (including phenoxy) is 1. The number of likely N-dealkylation sites (tertiary alicyclic amines) is 1. The van der Waals surface area contributed by atoms with Gasteiger partial charge in [-0.2, -0.15) is 0 Å². The number of benzene rings is 2. The lowest BCUT2D eigenvalue weighted by molar-refractivity contribution is -0.143. The second-order valence-corrected chi connectivity index (χ2v) is 8.54. The van der Waals surface area contributed by atoms with Crippen molar-refractivity contribution in [3.8, 4) is 0 Å². The van der Waals surface area contributed by atoms with Crippen LogP contribution in [-0.2, 0) is 20.9 Å². The number of hydrogen-bond acceptors (Lipinski definition) is 4. The monoisotopic (exact) mass is 433 g/mol. The second-order valence-electron chi connectivity index (χ2n) is 8.54. The van der Waals surface area contributed by atoms with E-state index in [1.54, 1.807) is 0 Å². The van der Waals surface area contributed by atoms with E-state index in [4.69, 9.17) is 4.74 Å². The van der Waals surface area contributed by atoms with Crippen molar-refractivity contribution in [3.05, 3.63) is 58.8 Å². The third-order valence-corrected chi connectivity index (χ3v) is 6.69. The minimum atomic E-state index is -0.0220. The zero-order chi connectivity index (χ0) is 22.1. The molecule has 2 amide bonds. The zero-order valence-corrected chi connectivity index (χ0v) is 18.0. The molecule has 0 N–H and O–H groups in total. The third kappa shape index (κ3) is 3.77. The molecule has 0 saturated carbocycles. The normalized spacial score (nSPS) is 17.8. The van der Waals surface area contributed by atoms with E-state index in [2.05, 4.69) is 0 Å². The molecule has 7 heteroatoms. The molecule has 2 aliphatic rings. The first kappa shape index (κ1) is 20.7. The summed E-state index contributed by atoms with van der Waals surface area (Å²) in [6.07, 6.45) is 1.38. The Morgan fingerprint density at radius 2 is 1.38 bits per heavy atom. The molecular weight excluding hydrogens is 406 g/mol. The van der Waals surface area contributed by atoms with Gasteiger partial charge in [-0.1, -0.05) is 24.3 Å². The zero-order valence-electron chi connectivity index (χ0n) is 18.0. The van der Waals surface area contributed by atoms with Crippen LogP contribution >= 0.6 is 0 Å². The molecule has 0 bridgehead atoms. The Morgan fingerprint density at radius 3 is 1.97 bits per heavy atom. The van der Waals surface area contributed by atoms with Gasteiger partial charge in [0.2, 0.25) is 11.8 Å². The smallest absolute Gasteiger partial charge is 0.242 e. The quantitative estimate of drug-likeness (QED) is 0.594. The summed E-state index contributed by atoms with van der Waals surface area (Å²) in [5, 5.41) is 1.24. The highest BCUT2D eigenvalue weighted by molar-refractivity contribution is 5.95. The highest BCUT2D eigenvalue weighted by atomic mass is 16.5. The second kappa shape index (κ2) is 8.74. The van der Waals surface area contributed by atoms with Crippen molar-refractivity contribution in [2.75, 3.05) is 39.4 Å². The number of aromatic nitrogens is 1. The highest BCUT2D eigenvalue weighted by Gasteiger charge is 2.31. The van der Waals surface area contributed by atoms with Crippen LogP contribution in [0.2, 0.25) is 0 Å². The number of pyridine rings is 1. The largest absolute Gasteiger partial charge is 0.378 e. The molecule has 0 spiro atoms. The van der Waals surface area contributed by atoms with Crippen LogP contribution in [0.1, 0.15) is 12.8 Å². The molecular formula is C25H27N3O4. The minimum Gasteiger partial charge on any atom is -0.378 e. The Labute approximate surface area is 186 Å². The minimum absolute atomic E-state index is 0.0117.